The van der Waals surface area contributed by atoms with Crippen molar-refractivity contribution in [3.05, 3.63) is 94.0 Å². The molecule has 4 nitrogen and oxygen atoms in total. The molecule has 1 saturated heterocycles. The molecule has 3 aromatic rings. The Bertz CT molecular complexity index is 1130. The van der Waals surface area contributed by atoms with Gasteiger partial charge in [0.25, 0.3) is 5.91 Å². The van der Waals surface area contributed by atoms with E-state index in [1.54, 1.807) is 36.0 Å². The monoisotopic (exact) mass is 436 g/mol. The average Bonchev–Trinajstić information content (AvgIpc) is 3.12. The number of halogens is 1. The second kappa shape index (κ2) is 8.54. The Morgan fingerprint density at radius 2 is 1.83 bits per heavy atom. The van der Waals surface area contributed by atoms with Crippen LogP contribution in [0.2, 0.25) is 5.02 Å². The van der Waals surface area contributed by atoms with E-state index in [2.05, 4.69) is 18.3 Å². The van der Waals surface area contributed by atoms with Crippen LogP contribution in [-0.4, -0.2) is 17.6 Å². The van der Waals surface area contributed by atoms with Crippen LogP contribution in [-0.2, 0) is 4.79 Å². The number of anilines is 2. The highest BCUT2D eigenvalue weighted by Gasteiger charge is 2.34. The molecule has 1 atom stereocenters. The highest BCUT2D eigenvalue weighted by Crippen LogP contribution is 2.42. The third kappa shape index (κ3) is 4.09. The fraction of sp³-hybridized carbons (Fsp3) is 0.167. The number of amides is 2. The quantitative estimate of drug-likeness (QED) is 0.546. The van der Waals surface area contributed by atoms with Gasteiger partial charge in [-0.05, 0) is 66.9 Å². The first-order valence-electron chi connectivity index (χ1n) is 9.61. The molecular weight excluding hydrogens is 416 g/mol. The summed E-state index contributed by atoms with van der Waals surface area (Å²) in [5, 5.41) is 3.17. The zero-order valence-corrected chi connectivity index (χ0v) is 18.3. The molecule has 3 aromatic carbocycles. The number of hydrogen-bond donors (Lipinski definition) is 1. The summed E-state index contributed by atoms with van der Waals surface area (Å²) >= 11 is 7.72. The zero-order chi connectivity index (χ0) is 21.3. The SMILES string of the molecule is Cc1ccc(N2C(=O)CS[C@@H]2c2cccc(NC(=O)c3ccccc3Cl)c2)cc1C. The van der Waals surface area contributed by atoms with E-state index in [0.29, 0.717) is 22.0 Å². The molecule has 0 spiro atoms. The maximum Gasteiger partial charge on any atom is 0.257 e. The fourth-order valence-corrected chi connectivity index (χ4v) is 4.83. The summed E-state index contributed by atoms with van der Waals surface area (Å²) in [4.78, 5) is 27.1. The number of aryl methyl sites for hydroxylation is 2. The van der Waals surface area contributed by atoms with E-state index in [-0.39, 0.29) is 17.2 Å². The Hall–Kier alpha value is -2.76. The molecule has 0 unspecified atom stereocenters. The van der Waals surface area contributed by atoms with Crippen molar-refractivity contribution in [1.29, 1.82) is 0 Å². The van der Waals surface area contributed by atoms with E-state index >= 15 is 0 Å². The summed E-state index contributed by atoms with van der Waals surface area (Å²) in [6.45, 7) is 4.11. The molecule has 0 saturated carbocycles. The summed E-state index contributed by atoms with van der Waals surface area (Å²) in [7, 11) is 0. The molecule has 0 aliphatic carbocycles. The van der Waals surface area contributed by atoms with E-state index in [0.717, 1.165) is 16.8 Å². The highest BCUT2D eigenvalue weighted by molar-refractivity contribution is 8.00. The Morgan fingerprint density at radius 1 is 1.03 bits per heavy atom. The van der Waals surface area contributed by atoms with Gasteiger partial charge in [0.1, 0.15) is 5.37 Å². The van der Waals surface area contributed by atoms with Crippen LogP contribution >= 0.6 is 23.4 Å². The molecule has 4 rings (SSSR count). The molecule has 1 N–H and O–H groups in total. The van der Waals surface area contributed by atoms with Crippen molar-refractivity contribution in [1.82, 2.24) is 0 Å². The minimum atomic E-state index is -0.265. The Morgan fingerprint density at radius 3 is 2.60 bits per heavy atom. The maximum atomic E-state index is 12.7. The summed E-state index contributed by atoms with van der Waals surface area (Å²) in [5.41, 5.74) is 5.28. The predicted octanol–water partition coefficient (Wildman–Crippen LogP) is 5.99. The number of thioether (sulfide) groups is 1. The van der Waals surface area contributed by atoms with Crippen LogP contribution < -0.4 is 10.2 Å². The lowest BCUT2D eigenvalue weighted by molar-refractivity contribution is -0.115. The van der Waals surface area contributed by atoms with Crippen molar-refractivity contribution >= 4 is 46.6 Å². The minimum Gasteiger partial charge on any atom is -0.322 e. The van der Waals surface area contributed by atoms with Gasteiger partial charge in [0, 0.05) is 11.4 Å². The average molecular weight is 437 g/mol. The van der Waals surface area contributed by atoms with Gasteiger partial charge < -0.3 is 5.32 Å². The predicted molar refractivity (Wildman–Crippen MR) is 124 cm³/mol. The van der Waals surface area contributed by atoms with Crippen LogP contribution in [0, 0.1) is 13.8 Å². The van der Waals surface area contributed by atoms with Crippen molar-refractivity contribution in [3.8, 4) is 0 Å². The van der Waals surface area contributed by atoms with E-state index in [1.807, 2.05) is 48.2 Å². The topological polar surface area (TPSA) is 49.4 Å². The van der Waals surface area contributed by atoms with E-state index in [4.69, 9.17) is 11.6 Å². The summed E-state index contributed by atoms with van der Waals surface area (Å²) in [6.07, 6.45) is 0. The largest absolute Gasteiger partial charge is 0.322 e. The number of hydrogen-bond acceptors (Lipinski definition) is 3. The van der Waals surface area contributed by atoms with Gasteiger partial charge in [-0.25, -0.2) is 0 Å². The van der Waals surface area contributed by atoms with Gasteiger partial charge in [0.15, 0.2) is 0 Å². The Kier molecular flexibility index (Phi) is 5.84. The van der Waals surface area contributed by atoms with Crippen LogP contribution in [0.4, 0.5) is 11.4 Å². The molecule has 0 radical (unpaired) electrons. The molecule has 1 heterocycles. The van der Waals surface area contributed by atoms with Crippen LogP contribution in [0.25, 0.3) is 0 Å². The second-order valence-electron chi connectivity index (χ2n) is 7.26. The van der Waals surface area contributed by atoms with Gasteiger partial charge in [-0.15, -0.1) is 11.8 Å². The number of nitrogens with zero attached hydrogens (tertiary/aromatic N) is 1. The standard InChI is InChI=1S/C24H21ClN2O2S/c1-15-10-11-19(12-16(15)2)27-22(28)14-30-24(27)17-6-5-7-18(13-17)26-23(29)20-8-3-4-9-21(20)25/h3-13,24H,14H2,1-2H3,(H,26,29)/t24-/m1/s1. The molecule has 1 aliphatic heterocycles. The second-order valence-corrected chi connectivity index (χ2v) is 8.73. The van der Waals surface area contributed by atoms with Crippen LogP contribution in [0.1, 0.15) is 32.4 Å². The van der Waals surface area contributed by atoms with Gasteiger partial charge in [0.05, 0.1) is 16.3 Å². The number of nitrogens with one attached hydrogen (secondary N) is 1. The van der Waals surface area contributed by atoms with Gasteiger partial charge in [0.2, 0.25) is 5.91 Å². The van der Waals surface area contributed by atoms with Gasteiger partial charge in [-0.3, -0.25) is 14.5 Å². The molecule has 6 heteroatoms. The summed E-state index contributed by atoms with van der Waals surface area (Å²) < 4.78 is 0. The van der Waals surface area contributed by atoms with Crippen LogP contribution in [0.5, 0.6) is 0 Å². The third-order valence-corrected chi connectivity index (χ3v) is 6.73. The van der Waals surface area contributed by atoms with Crippen LogP contribution in [0.15, 0.2) is 66.7 Å². The molecule has 2 amide bonds. The van der Waals surface area contributed by atoms with Crippen molar-refractivity contribution in [3.63, 3.8) is 0 Å². The first-order chi connectivity index (χ1) is 14.4. The normalized spacial score (nSPS) is 16.0. The van der Waals surface area contributed by atoms with Gasteiger partial charge in [-0.1, -0.05) is 41.9 Å². The Labute approximate surface area is 185 Å². The molecule has 0 aromatic heterocycles. The van der Waals surface area contributed by atoms with E-state index in [9.17, 15) is 9.59 Å². The maximum absolute atomic E-state index is 12.7. The molecule has 0 bridgehead atoms. The number of carbonyl (C=O) groups excluding carboxylic acids is 2. The lowest BCUT2D eigenvalue weighted by Gasteiger charge is -2.25. The smallest absolute Gasteiger partial charge is 0.257 e. The van der Waals surface area contributed by atoms with E-state index in [1.165, 1.54) is 5.56 Å². The van der Waals surface area contributed by atoms with Crippen molar-refractivity contribution in [2.75, 3.05) is 16.0 Å². The third-order valence-electron chi connectivity index (χ3n) is 5.18. The number of rotatable bonds is 4. The molecule has 1 fully saturated rings. The molecule has 152 valence electrons. The fourth-order valence-electron chi connectivity index (χ4n) is 3.44. The van der Waals surface area contributed by atoms with Gasteiger partial charge in [-0.2, -0.15) is 0 Å². The molecule has 1 aliphatic rings. The summed E-state index contributed by atoms with van der Waals surface area (Å²) in [6, 6.07) is 20.6. The first-order valence-corrected chi connectivity index (χ1v) is 11.0. The van der Waals surface area contributed by atoms with E-state index < -0.39 is 0 Å². The lowest BCUT2D eigenvalue weighted by Crippen LogP contribution is -2.28. The van der Waals surface area contributed by atoms with Crippen molar-refractivity contribution in [2.45, 2.75) is 19.2 Å². The van der Waals surface area contributed by atoms with Crippen molar-refractivity contribution < 1.29 is 9.59 Å². The Balaban J connectivity index is 1.61. The number of carbonyl (C=O) groups is 2. The molecular formula is C24H21ClN2O2S. The van der Waals surface area contributed by atoms with Crippen molar-refractivity contribution in [2.24, 2.45) is 0 Å². The molecule has 30 heavy (non-hydrogen) atoms. The first kappa shape index (κ1) is 20.5. The van der Waals surface area contributed by atoms with Crippen LogP contribution in [0.3, 0.4) is 0 Å². The highest BCUT2D eigenvalue weighted by atomic mass is 35.5. The van der Waals surface area contributed by atoms with Gasteiger partial charge >= 0.3 is 0 Å². The number of benzene rings is 3. The minimum absolute atomic E-state index is 0.0822. The lowest BCUT2D eigenvalue weighted by atomic mass is 10.1. The zero-order valence-electron chi connectivity index (χ0n) is 16.7. The summed E-state index contributed by atoms with van der Waals surface area (Å²) in [5.74, 6) is 0.242.